The Balaban J connectivity index is 2.22. The summed E-state index contributed by atoms with van der Waals surface area (Å²) in [6.07, 6.45) is 1.09. The lowest BCUT2D eigenvalue weighted by atomic mass is 9.80. The third-order valence-electron chi connectivity index (χ3n) is 2.74. The molecule has 1 aliphatic heterocycles. The number of hydrogen-bond donors (Lipinski definition) is 1. The summed E-state index contributed by atoms with van der Waals surface area (Å²) in [6, 6.07) is 0. The van der Waals surface area contributed by atoms with E-state index in [0.29, 0.717) is 12.8 Å². The molecule has 0 aromatic rings. The maximum absolute atomic E-state index is 11.2. The molecule has 1 N–H and O–H groups in total. The molecule has 0 aromatic heterocycles. The van der Waals surface area contributed by atoms with Crippen LogP contribution in [0.1, 0.15) is 12.8 Å². The van der Waals surface area contributed by atoms with Crippen LogP contribution in [0.2, 0.25) is 0 Å². The van der Waals surface area contributed by atoms with Gasteiger partial charge in [0.25, 0.3) is 0 Å². The van der Waals surface area contributed by atoms with Crippen LogP contribution in [0.4, 0.5) is 0 Å². The minimum atomic E-state index is -0.871. The average molecular weight is 296 g/mol. The number of rotatable bonds is 1. The van der Waals surface area contributed by atoms with E-state index in [1.54, 1.807) is 0 Å². The topological polar surface area (TPSA) is 63.6 Å². The number of carbonyl (C=O) groups is 2. The molecule has 0 amide bonds. The highest BCUT2D eigenvalue weighted by Crippen LogP contribution is 2.41. The Morgan fingerprint density at radius 1 is 1.54 bits per heavy atom. The van der Waals surface area contributed by atoms with Crippen molar-refractivity contribution in [1.29, 1.82) is 0 Å². The van der Waals surface area contributed by atoms with Crippen molar-refractivity contribution < 1.29 is 19.4 Å². The molecular weight excluding hydrogens is 287 g/mol. The van der Waals surface area contributed by atoms with Gasteiger partial charge in [0.15, 0.2) is 0 Å². The molecule has 5 heteroatoms. The number of alkyl halides is 1. The number of carboxylic acids is 1. The van der Waals surface area contributed by atoms with Gasteiger partial charge in [0.1, 0.15) is 6.10 Å². The first-order valence-electron chi connectivity index (χ1n) is 4.17. The maximum Gasteiger partial charge on any atom is 0.310 e. The summed E-state index contributed by atoms with van der Waals surface area (Å²) in [4.78, 5) is 22.0. The van der Waals surface area contributed by atoms with Crippen molar-refractivity contribution in [1.82, 2.24) is 0 Å². The Kier molecular flexibility index (Phi) is 2.21. The van der Waals surface area contributed by atoms with Crippen LogP contribution in [0.5, 0.6) is 0 Å². The molecule has 1 aliphatic carbocycles. The van der Waals surface area contributed by atoms with Crippen molar-refractivity contribution in [2.45, 2.75) is 22.9 Å². The molecule has 2 bridgehead atoms. The normalized spacial score (nSPS) is 43.0. The van der Waals surface area contributed by atoms with E-state index >= 15 is 0 Å². The fourth-order valence-corrected chi connectivity index (χ4v) is 3.00. The second-order valence-corrected chi connectivity index (χ2v) is 5.11. The second kappa shape index (κ2) is 3.11. The van der Waals surface area contributed by atoms with Gasteiger partial charge in [-0.25, -0.2) is 0 Å². The van der Waals surface area contributed by atoms with E-state index in [9.17, 15) is 9.59 Å². The van der Waals surface area contributed by atoms with Gasteiger partial charge in [-0.15, -0.1) is 0 Å². The van der Waals surface area contributed by atoms with E-state index in [2.05, 4.69) is 22.6 Å². The Hall–Kier alpha value is -0.330. The van der Waals surface area contributed by atoms with E-state index in [4.69, 9.17) is 9.84 Å². The summed E-state index contributed by atoms with van der Waals surface area (Å²) in [7, 11) is 0. The molecule has 0 unspecified atom stereocenters. The standard InChI is InChI=1S/C8H9IO4/c9-5-1-3(7(10)11)4-2-6(5)13-8(4)12/h3-6H,1-2H2,(H,10,11)/t3-,4-,5+,6+/m0/s1. The molecule has 2 fully saturated rings. The predicted molar refractivity (Wildman–Crippen MR) is 51.5 cm³/mol. The smallest absolute Gasteiger partial charge is 0.310 e. The highest BCUT2D eigenvalue weighted by atomic mass is 127. The number of carboxylic acid groups (broad SMARTS) is 1. The van der Waals surface area contributed by atoms with Gasteiger partial charge < -0.3 is 9.84 Å². The van der Waals surface area contributed by atoms with Crippen LogP contribution in [0, 0.1) is 11.8 Å². The van der Waals surface area contributed by atoms with Gasteiger partial charge in [0, 0.05) is 3.92 Å². The summed E-state index contributed by atoms with van der Waals surface area (Å²) in [5.41, 5.74) is 0. The summed E-state index contributed by atoms with van der Waals surface area (Å²) in [5, 5.41) is 8.88. The summed E-state index contributed by atoms with van der Waals surface area (Å²) in [5.74, 6) is -2.12. The zero-order valence-electron chi connectivity index (χ0n) is 6.77. The molecule has 1 saturated heterocycles. The van der Waals surface area contributed by atoms with Crippen molar-refractivity contribution in [3.8, 4) is 0 Å². The number of hydrogen-bond acceptors (Lipinski definition) is 3. The Morgan fingerprint density at radius 3 is 2.85 bits per heavy atom. The van der Waals surface area contributed by atoms with Crippen molar-refractivity contribution in [2.24, 2.45) is 11.8 Å². The first-order chi connectivity index (χ1) is 6.09. The molecule has 0 spiro atoms. The van der Waals surface area contributed by atoms with Gasteiger partial charge >= 0.3 is 11.9 Å². The highest BCUT2D eigenvalue weighted by Gasteiger charge is 2.50. The van der Waals surface area contributed by atoms with Gasteiger partial charge in [-0.05, 0) is 12.8 Å². The first kappa shape index (κ1) is 9.23. The zero-order chi connectivity index (χ0) is 9.59. The van der Waals surface area contributed by atoms with Gasteiger partial charge in [0.05, 0.1) is 11.8 Å². The molecule has 4 atom stereocenters. The second-order valence-electron chi connectivity index (χ2n) is 3.51. The molecule has 2 rings (SSSR count). The van der Waals surface area contributed by atoms with Crippen molar-refractivity contribution in [2.75, 3.05) is 0 Å². The maximum atomic E-state index is 11.2. The third-order valence-corrected chi connectivity index (χ3v) is 4.05. The van der Waals surface area contributed by atoms with E-state index in [0.717, 1.165) is 0 Å². The quantitative estimate of drug-likeness (QED) is 0.442. The van der Waals surface area contributed by atoms with Crippen LogP contribution in [0.3, 0.4) is 0 Å². The van der Waals surface area contributed by atoms with Crippen molar-refractivity contribution >= 4 is 34.5 Å². The van der Waals surface area contributed by atoms with Gasteiger partial charge in [-0.2, -0.15) is 0 Å². The number of carbonyl (C=O) groups excluding carboxylic acids is 1. The van der Waals surface area contributed by atoms with Crippen LogP contribution in [-0.4, -0.2) is 27.1 Å². The van der Waals surface area contributed by atoms with Crippen LogP contribution >= 0.6 is 22.6 Å². The third kappa shape index (κ3) is 1.43. The molecule has 0 radical (unpaired) electrons. The average Bonchev–Trinajstić information content (AvgIpc) is 2.37. The highest BCUT2D eigenvalue weighted by molar-refractivity contribution is 14.1. The van der Waals surface area contributed by atoms with Gasteiger partial charge in [0.2, 0.25) is 0 Å². The summed E-state index contributed by atoms with van der Waals surface area (Å²) >= 11 is 2.16. The molecule has 1 saturated carbocycles. The molecular formula is C8H9IO4. The van der Waals surface area contributed by atoms with Crippen LogP contribution in [0.25, 0.3) is 0 Å². The number of fused-ring (bicyclic) bond motifs is 2. The van der Waals surface area contributed by atoms with E-state index in [-0.39, 0.29) is 16.0 Å². The minimum Gasteiger partial charge on any atom is -0.481 e. The fraction of sp³-hybridized carbons (Fsp3) is 0.750. The van der Waals surface area contributed by atoms with Gasteiger partial charge in [-0.3, -0.25) is 9.59 Å². The lowest BCUT2D eigenvalue weighted by molar-refractivity contribution is -0.150. The largest absolute Gasteiger partial charge is 0.481 e. The monoisotopic (exact) mass is 296 g/mol. The minimum absolute atomic E-state index is 0.0475. The number of aliphatic carboxylic acids is 1. The zero-order valence-corrected chi connectivity index (χ0v) is 8.93. The van der Waals surface area contributed by atoms with Gasteiger partial charge in [-0.1, -0.05) is 22.6 Å². The number of ether oxygens (including phenoxy) is 1. The lowest BCUT2D eigenvalue weighted by Crippen LogP contribution is -2.34. The predicted octanol–water partition coefficient (Wildman–Crippen LogP) is 0.826. The first-order valence-corrected chi connectivity index (χ1v) is 5.41. The number of halogens is 1. The number of esters is 1. The SMILES string of the molecule is O=C(O)[C@H]1C[C@@H](I)[C@H]2C[C@@H]1C(=O)O2. The lowest BCUT2D eigenvalue weighted by Gasteiger charge is -2.25. The summed E-state index contributed by atoms with van der Waals surface area (Å²) in [6.45, 7) is 0. The Morgan fingerprint density at radius 2 is 2.23 bits per heavy atom. The molecule has 4 nitrogen and oxygen atoms in total. The molecule has 0 aromatic carbocycles. The Labute approximate surface area is 88.8 Å². The Bertz CT molecular complexity index is 265. The molecule has 1 heterocycles. The van der Waals surface area contributed by atoms with Crippen LogP contribution in [0.15, 0.2) is 0 Å². The fourth-order valence-electron chi connectivity index (χ4n) is 2.01. The van der Waals surface area contributed by atoms with E-state index in [1.165, 1.54) is 0 Å². The van der Waals surface area contributed by atoms with Crippen molar-refractivity contribution in [3.63, 3.8) is 0 Å². The van der Waals surface area contributed by atoms with Crippen LogP contribution in [-0.2, 0) is 14.3 Å². The molecule has 2 aliphatic rings. The molecule has 72 valence electrons. The summed E-state index contributed by atoms with van der Waals surface area (Å²) < 4.78 is 5.22. The van der Waals surface area contributed by atoms with Crippen molar-refractivity contribution in [3.05, 3.63) is 0 Å². The molecule has 13 heavy (non-hydrogen) atoms. The van der Waals surface area contributed by atoms with E-state index in [1.807, 2.05) is 0 Å². The van der Waals surface area contributed by atoms with Crippen LogP contribution < -0.4 is 0 Å². The van der Waals surface area contributed by atoms with E-state index < -0.39 is 17.8 Å².